The Hall–Kier alpha value is -2.17. The van der Waals surface area contributed by atoms with Crippen LogP contribution in [0.25, 0.3) is 0 Å². The van der Waals surface area contributed by atoms with Crippen LogP contribution in [0.15, 0.2) is 30.3 Å². The molecule has 1 aromatic carbocycles. The first-order valence-electron chi connectivity index (χ1n) is 6.81. The van der Waals surface area contributed by atoms with Crippen molar-refractivity contribution in [3.8, 4) is 0 Å². The zero-order chi connectivity index (χ0) is 15.8. The molecule has 0 bridgehead atoms. The molecule has 0 saturated carbocycles. The Bertz CT molecular complexity index is 670. The Morgan fingerprint density at radius 1 is 1.29 bits per heavy atom. The number of hydrogen-bond acceptors (Lipinski definition) is 2. The molecule has 1 aromatic heterocycles. The largest absolute Gasteiger partial charge is 0.307 e. The van der Waals surface area contributed by atoms with Crippen LogP contribution in [-0.4, -0.2) is 22.7 Å². The van der Waals surface area contributed by atoms with Gasteiger partial charge >= 0.3 is 0 Å². The Morgan fingerprint density at radius 2 is 1.90 bits per heavy atom. The van der Waals surface area contributed by atoms with E-state index in [4.69, 9.17) is 0 Å². The average Bonchev–Trinajstić information content (AvgIpc) is 2.80. The highest BCUT2D eigenvalue weighted by molar-refractivity contribution is 6.04. The summed E-state index contributed by atoms with van der Waals surface area (Å²) in [6.07, 6.45) is 0. The molecule has 1 amide bonds. The van der Waals surface area contributed by atoms with Gasteiger partial charge in [-0.15, -0.1) is 0 Å². The average molecular weight is 289 g/mol. The maximum atomic E-state index is 13.8. The molecule has 0 aliphatic heterocycles. The van der Waals surface area contributed by atoms with Crippen LogP contribution < -0.4 is 4.90 Å². The van der Waals surface area contributed by atoms with Gasteiger partial charge in [0.05, 0.1) is 11.2 Å². The minimum atomic E-state index is -0.430. The van der Waals surface area contributed by atoms with Gasteiger partial charge < -0.3 is 4.90 Å². The van der Waals surface area contributed by atoms with Crippen LogP contribution in [0, 0.1) is 12.7 Å². The molecular formula is C16H20FN3O. The normalized spacial score (nSPS) is 11.5. The summed E-state index contributed by atoms with van der Waals surface area (Å²) in [6.45, 7) is 7.95. The second kappa shape index (κ2) is 5.31. The van der Waals surface area contributed by atoms with Crippen LogP contribution in [0.3, 0.4) is 0 Å². The topological polar surface area (TPSA) is 38.1 Å². The number of benzene rings is 1. The molecule has 5 heteroatoms. The lowest BCUT2D eigenvalue weighted by Crippen LogP contribution is -2.29. The molecule has 0 spiro atoms. The number of anilines is 1. The molecule has 0 aliphatic rings. The van der Waals surface area contributed by atoms with Gasteiger partial charge in [-0.2, -0.15) is 5.10 Å². The molecule has 0 saturated heterocycles. The van der Waals surface area contributed by atoms with Crippen LogP contribution in [0.5, 0.6) is 0 Å². The summed E-state index contributed by atoms with van der Waals surface area (Å²) in [6, 6.07) is 7.92. The molecular weight excluding hydrogens is 269 g/mol. The monoisotopic (exact) mass is 289 g/mol. The summed E-state index contributed by atoms with van der Waals surface area (Å²) in [4.78, 5) is 13.8. The summed E-state index contributed by atoms with van der Waals surface area (Å²) < 4.78 is 15.6. The van der Waals surface area contributed by atoms with Crippen molar-refractivity contribution >= 4 is 11.6 Å². The zero-order valence-electron chi connectivity index (χ0n) is 13.0. The van der Waals surface area contributed by atoms with Gasteiger partial charge in [-0.1, -0.05) is 12.1 Å². The zero-order valence-corrected chi connectivity index (χ0v) is 13.0. The number of carbonyl (C=O) groups excluding carboxylic acids is 1. The van der Waals surface area contributed by atoms with Gasteiger partial charge in [-0.05, 0) is 45.9 Å². The first-order valence-corrected chi connectivity index (χ1v) is 6.81. The van der Waals surface area contributed by atoms with E-state index in [0.29, 0.717) is 5.69 Å². The predicted molar refractivity (Wildman–Crippen MR) is 81.1 cm³/mol. The molecule has 0 atom stereocenters. The molecule has 0 radical (unpaired) electrons. The molecule has 112 valence electrons. The van der Waals surface area contributed by atoms with Crippen molar-refractivity contribution in [3.05, 3.63) is 47.5 Å². The number of aryl methyl sites for hydroxylation is 1. The van der Waals surface area contributed by atoms with Crippen molar-refractivity contribution in [1.82, 2.24) is 9.78 Å². The van der Waals surface area contributed by atoms with Gasteiger partial charge in [0.2, 0.25) is 0 Å². The van der Waals surface area contributed by atoms with Crippen molar-refractivity contribution < 1.29 is 9.18 Å². The predicted octanol–water partition coefficient (Wildman–Crippen LogP) is 3.36. The van der Waals surface area contributed by atoms with Gasteiger partial charge in [0.15, 0.2) is 5.69 Å². The van der Waals surface area contributed by atoms with E-state index >= 15 is 0 Å². The Kier molecular flexibility index (Phi) is 3.85. The minimum Gasteiger partial charge on any atom is -0.307 e. The highest BCUT2D eigenvalue weighted by Crippen LogP contribution is 2.21. The molecule has 0 aliphatic carbocycles. The van der Waals surface area contributed by atoms with Crippen molar-refractivity contribution in [1.29, 1.82) is 0 Å². The van der Waals surface area contributed by atoms with Gasteiger partial charge in [0, 0.05) is 12.7 Å². The summed E-state index contributed by atoms with van der Waals surface area (Å²) in [5.41, 5.74) is 1.24. The van der Waals surface area contributed by atoms with Crippen LogP contribution in [0.2, 0.25) is 0 Å². The van der Waals surface area contributed by atoms with Gasteiger partial charge in [-0.3, -0.25) is 9.48 Å². The molecule has 21 heavy (non-hydrogen) atoms. The number of aromatic nitrogens is 2. The molecule has 2 rings (SSSR count). The Morgan fingerprint density at radius 3 is 2.43 bits per heavy atom. The van der Waals surface area contributed by atoms with E-state index in [9.17, 15) is 9.18 Å². The summed E-state index contributed by atoms with van der Waals surface area (Å²) in [5, 5.41) is 4.36. The SMILES string of the molecule is Cc1cc(C(=O)N(C)c2ccccc2F)nn1C(C)(C)C. The fourth-order valence-corrected chi connectivity index (χ4v) is 2.26. The molecule has 0 N–H and O–H groups in total. The molecule has 1 heterocycles. The second-order valence-corrected chi connectivity index (χ2v) is 6.07. The fraction of sp³-hybridized carbons (Fsp3) is 0.375. The van der Waals surface area contributed by atoms with E-state index in [0.717, 1.165) is 5.69 Å². The first kappa shape index (κ1) is 15.2. The summed E-state index contributed by atoms with van der Waals surface area (Å²) in [5.74, 6) is -0.758. The number of amides is 1. The first-order chi connectivity index (χ1) is 9.71. The van der Waals surface area contributed by atoms with Crippen LogP contribution in [0.4, 0.5) is 10.1 Å². The van der Waals surface area contributed by atoms with Gasteiger partial charge in [-0.25, -0.2) is 4.39 Å². The quantitative estimate of drug-likeness (QED) is 0.850. The number of hydrogen-bond donors (Lipinski definition) is 0. The standard InChI is InChI=1S/C16H20FN3O/c1-11-10-13(18-20(11)16(2,3)4)15(21)19(5)14-9-7-6-8-12(14)17/h6-10H,1-5H3. The number of carbonyl (C=O) groups is 1. The van der Waals surface area contributed by atoms with E-state index in [-0.39, 0.29) is 17.1 Å². The third-order valence-electron chi connectivity index (χ3n) is 3.26. The lowest BCUT2D eigenvalue weighted by atomic mass is 10.1. The lowest BCUT2D eigenvalue weighted by molar-refractivity contribution is 0.0986. The van der Waals surface area contributed by atoms with Gasteiger partial charge in [0.1, 0.15) is 5.82 Å². The Labute approximate surface area is 124 Å². The van der Waals surface area contributed by atoms with Gasteiger partial charge in [0.25, 0.3) is 5.91 Å². The number of nitrogens with zero attached hydrogens (tertiary/aromatic N) is 3. The third kappa shape index (κ3) is 2.96. The second-order valence-electron chi connectivity index (χ2n) is 6.07. The maximum Gasteiger partial charge on any atom is 0.278 e. The number of rotatable bonds is 2. The van der Waals surface area contributed by atoms with E-state index in [1.54, 1.807) is 36.0 Å². The van der Waals surface area contributed by atoms with Crippen molar-refractivity contribution in [2.45, 2.75) is 33.2 Å². The smallest absolute Gasteiger partial charge is 0.278 e. The summed E-state index contributed by atoms with van der Waals surface area (Å²) >= 11 is 0. The molecule has 2 aromatic rings. The van der Waals surface area contributed by atoms with E-state index < -0.39 is 5.82 Å². The fourth-order valence-electron chi connectivity index (χ4n) is 2.26. The highest BCUT2D eigenvalue weighted by atomic mass is 19.1. The molecule has 4 nitrogen and oxygen atoms in total. The van der Waals surface area contributed by atoms with Crippen LogP contribution in [-0.2, 0) is 5.54 Å². The maximum absolute atomic E-state index is 13.8. The summed E-state index contributed by atoms with van der Waals surface area (Å²) in [7, 11) is 1.55. The molecule has 0 fully saturated rings. The number of halogens is 1. The van der Waals surface area contributed by atoms with Crippen molar-refractivity contribution in [2.75, 3.05) is 11.9 Å². The van der Waals surface area contributed by atoms with Crippen molar-refractivity contribution in [3.63, 3.8) is 0 Å². The van der Waals surface area contributed by atoms with Crippen LogP contribution >= 0.6 is 0 Å². The van der Waals surface area contributed by atoms with E-state index in [2.05, 4.69) is 5.10 Å². The Balaban J connectivity index is 2.35. The van der Waals surface area contributed by atoms with Crippen molar-refractivity contribution in [2.24, 2.45) is 0 Å². The third-order valence-corrected chi connectivity index (χ3v) is 3.26. The minimum absolute atomic E-state index is 0.209. The van der Waals surface area contributed by atoms with E-state index in [1.165, 1.54) is 11.0 Å². The lowest BCUT2D eigenvalue weighted by Gasteiger charge is -2.21. The van der Waals surface area contributed by atoms with Crippen LogP contribution in [0.1, 0.15) is 37.0 Å². The molecule has 0 unspecified atom stereocenters. The highest BCUT2D eigenvalue weighted by Gasteiger charge is 2.23. The number of para-hydroxylation sites is 1. The van der Waals surface area contributed by atoms with E-state index in [1.807, 2.05) is 27.7 Å².